The van der Waals surface area contributed by atoms with Gasteiger partial charge in [-0.25, -0.2) is 14.0 Å². The SMILES string of the molecule is O=C(O)C1CN(CCn2c(=O)c3cc(F)c(NC4CCCCC4)cc3n(C3CCCC3)c2=O)CCO1. The van der Waals surface area contributed by atoms with E-state index in [0.29, 0.717) is 24.3 Å². The lowest BCUT2D eigenvalue weighted by molar-refractivity contribution is -0.156. The van der Waals surface area contributed by atoms with Gasteiger partial charge in [0.15, 0.2) is 6.10 Å². The Kier molecular flexibility index (Phi) is 7.43. The maximum Gasteiger partial charge on any atom is 0.334 e. The summed E-state index contributed by atoms with van der Waals surface area (Å²) in [7, 11) is 0. The van der Waals surface area contributed by atoms with Gasteiger partial charge in [-0.15, -0.1) is 0 Å². The summed E-state index contributed by atoms with van der Waals surface area (Å²) in [6.07, 6.45) is 8.18. The highest BCUT2D eigenvalue weighted by molar-refractivity contribution is 5.82. The third kappa shape index (κ3) is 5.06. The largest absolute Gasteiger partial charge is 0.479 e. The number of hydrogen-bond acceptors (Lipinski definition) is 6. The zero-order valence-electron chi connectivity index (χ0n) is 20.6. The first kappa shape index (κ1) is 25.0. The van der Waals surface area contributed by atoms with Crippen LogP contribution in [-0.4, -0.2) is 63.5 Å². The van der Waals surface area contributed by atoms with Crippen LogP contribution in [0.3, 0.4) is 0 Å². The number of benzene rings is 1. The first-order chi connectivity index (χ1) is 17.4. The van der Waals surface area contributed by atoms with Crippen molar-refractivity contribution < 1.29 is 19.0 Å². The van der Waals surface area contributed by atoms with Gasteiger partial charge in [0.2, 0.25) is 0 Å². The normalized spacial score (nSPS) is 22.3. The second-order valence-electron chi connectivity index (χ2n) is 10.4. The minimum absolute atomic E-state index is 0.0281. The van der Waals surface area contributed by atoms with E-state index < -0.39 is 23.4 Å². The average Bonchev–Trinajstić information content (AvgIpc) is 3.40. The van der Waals surface area contributed by atoms with E-state index in [9.17, 15) is 19.5 Å². The number of ether oxygens (including phenoxy) is 1. The van der Waals surface area contributed by atoms with Crippen LogP contribution >= 0.6 is 0 Å². The summed E-state index contributed by atoms with van der Waals surface area (Å²) in [5.41, 5.74) is -0.0380. The summed E-state index contributed by atoms with van der Waals surface area (Å²) in [5.74, 6) is -1.51. The number of rotatable bonds is 7. The topological polar surface area (TPSA) is 106 Å². The Morgan fingerprint density at radius 3 is 2.50 bits per heavy atom. The van der Waals surface area contributed by atoms with Crippen molar-refractivity contribution in [1.29, 1.82) is 0 Å². The molecule has 1 aliphatic heterocycles. The number of morpholine rings is 1. The molecule has 0 bridgehead atoms. The first-order valence-electron chi connectivity index (χ1n) is 13.2. The van der Waals surface area contributed by atoms with E-state index in [2.05, 4.69) is 5.32 Å². The lowest BCUT2D eigenvalue weighted by Crippen LogP contribution is -2.49. The van der Waals surface area contributed by atoms with Crippen molar-refractivity contribution in [2.75, 3.05) is 31.6 Å². The molecule has 1 aromatic carbocycles. The number of carboxylic acids is 1. The molecule has 5 rings (SSSR count). The summed E-state index contributed by atoms with van der Waals surface area (Å²) >= 11 is 0. The van der Waals surface area contributed by atoms with E-state index in [1.807, 2.05) is 4.90 Å². The fourth-order valence-electron chi connectivity index (χ4n) is 5.98. The zero-order valence-corrected chi connectivity index (χ0v) is 20.6. The fraction of sp³-hybridized carbons (Fsp3) is 0.654. The Labute approximate surface area is 208 Å². The van der Waals surface area contributed by atoms with Crippen LogP contribution in [0.1, 0.15) is 63.8 Å². The summed E-state index contributed by atoms with van der Waals surface area (Å²) < 4.78 is 23.4. The van der Waals surface area contributed by atoms with E-state index in [-0.39, 0.29) is 42.9 Å². The number of fused-ring (bicyclic) bond motifs is 1. The van der Waals surface area contributed by atoms with Gasteiger partial charge in [-0.2, -0.15) is 0 Å². The average molecular weight is 503 g/mol. The highest BCUT2D eigenvalue weighted by atomic mass is 19.1. The minimum atomic E-state index is -1.03. The van der Waals surface area contributed by atoms with E-state index >= 15 is 4.39 Å². The number of halogens is 1. The van der Waals surface area contributed by atoms with Gasteiger partial charge in [0.05, 0.1) is 23.2 Å². The van der Waals surface area contributed by atoms with Gasteiger partial charge >= 0.3 is 11.7 Å². The van der Waals surface area contributed by atoms with Gasteiger partial charge < -0.3 is 15.2 Å². The molecule has 2 N–H and O–H groups in total. The number of aromatic nitrogens is 2. The second-order valence-corrected chi connectivity index (χ2v) is 10.4. The molecule has 0 amide bonds. The summed E-state index contributed by atoms with van der Waals surface area (Å²) in [6.45, 7) is 1.43. The van der Waals surface area contributed by atoms with Gasteiger partial charge in [-0.1, -0.05) is 32.1 Å². The molecule has 1 aromatic heterocycles. The second kappa shape index (κ2) is 10.7. The van der Waals surface area contributed by atoms with Crippen LogP contribution in [0.5, 0.6) is 0 Å². The van der Waals surface area contributed by atoms with Crippen LogP contribution in [-0.2, 0) is 16.1 Å². The van der Waals surface area contributed by atoms with Crippen LogP contribution in [0.4, 0.5) is 10.1 Å². The number of nitrogens with one attached hydrogen (secondary N) is 1. The molecule has 36 heavy (non-hydrogen) atoms. The molecule has 0 spiro atoms. The predicted octanol–water partition coefficient (Wildman–Crippen LogP) is 2.95. The molecule has 3 aliphatic rings. The number of anilines is 1. The molecule has 1 atom stereocenters. The molecule has 1 unspecified atom stereocenters. The third-order valence-electron chi connectivity index (χ3n) is 7.98. The first-order valence-corrected chi connectivity index (χ1v) is 13.2. The number of carboxylic acid groups (broad SMARTS) is 1. The van der Waals surface area contributed by atoms with Crippen molar-refractivity contribution in [2.24, 2.45) is 0 Å². The smallest absolute Gasteiger partial charge is 0.334 e. The van der Waals surface area contributed by atoms with Crippen molar-refractivity contribution in [3.63, 3.8) is 0 Å². The van der Waals surface area contributed by atoms with Gasteiger partial charge in [0, 0.05) is 38.3 Å². The maximum absolute atomic E-state index is 15.2. The van der Waals surface area contributed by atoms with Crippen LogP contribution in [0, 0.1) is 5.82 Å². The summed E-state index contributed by atoms with van der Waals surface area (Å²) in [6, 6.07) is 3.10. The van der Waals surface area contributed by atoms with Crippen LogP contribution < -0.4 is 16.6 Å². The van der Waals surface area contributed by atoms with Crippen molar-refractivity contribution in [3.05, 3.63) is 38.8 Å². The van der Waals surface area contributed by atoms with Gasteiger partial charge in [0.25, 0.3) is 5.56 Å². The van der Waals surface area contributed by atoms with Crippen molar-refractivity contribution in [2.45, 2.75) is 82.5 Å². The monoisotopic (exact) mass is 502 g/mol. The van der Waals surface area contributed by atoms with Crippen LogP contribution in [0.25, 0.3) is 10.9 Å². The van der Waals surface area contributed by atoms with Gasteiger partial charge in [0.1, 0.15) is 5.82 Å². The summed E-state index contributed by atoms with van der Waals surface area (Å²) in [4.78, 5) is 40.3. The molecule has 2 saturated carbocycles. The molecule has 2 aliphatic carbocycles. The lowest BCUT2D eigenvalue weighted by atomic mass is 9.95. The van der Waals surface area contributed by atoms with Crippen molar-refractivity contribution in [1.82, 2.24) is 14.0 Å². The molecule has 3 fully saturated rings. The zero-order chi connectivity index (χ0) is 25.2. The minimum Gasteiger partial charge on any atom is -0.479 e. The van der Waals surface area contributed by atoms with Crippen LogP contribution in [0.2, 0.25) is 0 Å². The standard InChI is InChI=1S/C26H35FN4O5/c27-20-14-19-22(15-21(20)28-17-6-2-1-3-7-17)31(18-8-4-5-9-18)26(35)30(24(19)32)11-10-29-12-13-36-23(16-29)25(33)34/h14-15,17-18,23,28H,1-13,16H2,(H,33,34). The Morgan fingerprint density at radius 1 is 1.06 bits per heavy atom. The summed E-state index contributed by atoms with van der Waals surface area (Å²) in [5, 5.41) is 12.8. The molecule has 2 heterocycles. The van der Waals surface area contributed by atoms with Crippen molar-refractivity contribution in [3.8, 4) is 0 Å². The molecule has 9 nitrogen and oxygen atoms in total. The molecular formula is C26H35FN4O5. The Balaban J connectivity index is 1.50. The van der Waals surface area contributed by atoms with E-state index in [0.717, 1.165) is 51.4 Å². The third-order valence-corrected chi connectivity index (χ3v) is 7.98. The number of carbonyl (C=O) groups is 1. The van der Waals surface area contributed by atoms with E-state index in [4.69, 9.17) is 4.74 Å². The lowest BCUT2D eigenvalue weighted by Gasteiger charge is -2.31. The Hall–Kier alpha value is -2.72. The molecule has 196 valence electrons. The van der Waals surface area contributed by atoms with Gasteiger partial charge in [-0.05, 0) is 37.8 Å². The van der Waals surface area contributed by atoms with E-state index in [1.165, 1.54) is 17.1 Å². The Bertz CT molecular complexity index is 1230. The van der Waals surface area contributed by atoms with Crippen LogP contribution in [0.15, 0.2) is 21.7 Å². The molecular weight excluding hydrogens is 467 g/mol. The highest BCUT2D eigenvalue weighted by Gasteiger charge is 2.28. The Morgan fingerprint density at radius 2 is 1.78 bits per heavy atom. The van der Waals surface area contributed by atoms with Crippen molar-refractivity contribution >= 4 is 22.6 Å². The fourth-order valence-corrected chi connectivity index (χ4v) is 5.98. The number of nitrogens with zero attached hydrogens (tertiary/aromatic N) is 3. The maximum atomic E-state index is 15.2. The predicted molar refractivity (Wildman–Crippen MR) is 134 cm³/mol. The molecule has 10 heteroatoms. The molecule has 0 radical (unpaired) electrons. The molecule has 1 saturated heterocycles. The molecule has 2 aromatic rings. The quantitative estimate of drug-likeness (QED) is 0.600. The highest BCUT2D eigenvalue weighted by Crippen LogP contribution is 2.32. The number of hydrogen-bond donors (Lipinski definition) is 2. The number of aliphatic carboxylic acids is 1. The van der Waals surface area contributed by atoms with E-state index in [1.54, 1.807) is 10.6 Å². The van der Waals surface area contributed by atoms with Gasteiger partial charge in [-0.3, -0.25) is 18.8 Å².